The monoisotopic (exact) mass is 239 g/mol. The number of aliphatic hydroxyl groups excluding tert-OH is 2. The van der Waals surface area contributed by atoms with Crippen LogP contribution in [0.1, 0.15) is 6.92 Å². The van der Waals surface area contributed by atoms with Crippen molar-refractivity contribution >= 4 is 17.1 Å². The van der Waals surface area contributed by atoms with Gasteiger partial charge in [-0.25, -0.2) is 0 Å². The molecule has 0 aliphatic heterocycles. The maximum Gasteiger partial charge on any atom is 0.0606 e. The molecule has 0 unspecified atom stereocenters. The van der Waals surface area contributed by atoms with Gasteiger partial charge in [0.15, 0.2) is 0 Å². The van der Waals surface area contributed by atoms with Gasteiger partial charge in [-0.3, -0.25) is 0 Å². The summed E-state index contributed by atoms with van der Waals surface area (Å²) < 4.78 is 0. The molecule has 5 heteroatoms. The summed E-state index contributed by atoms with van der Waals surface area (Å²) >= 11 is 0. The van der Waals surface area contributed by atoms with E-state index in [0.29, 0.717) is 18.8 Å². The van der Waals surface area contributed by atoms with Gasteiger partial charge in [0.05, 0.1) is 24.6 Å². The van der Waals surface area contributed by atoms with Gasteiger partial charge in [-0.2, -0.15) is 0 Å². The van der Waals surface area contributed by atoms with Crippen molar-refractivity contribution < 1.29 is 10.2 Å². The molecule has 0 aromatic heterocycles. The molecule has 0 atom stereocenters. The zero-order valence-electron chi connectivity index (χ0n) is 10.2. The second-order valence-electron chi connectivity index (χ2n) is 3.73. The third-order valence-electron chi connectivity index (χ3n) is 2.58. The highest BCUT2D eigenvalue weighted by Gasteiger charge is 2.06. The molecular weight excluding hydrogens is 218 g/mol. The second kappa shape index (κ2) is 6.98. The van der Waals surface area contributed by atoms with E-state index < -0.39 is 0 Å². The summed E-state index contributed by atoms with van der Waals surface area (Å²) in [5.41, 5.74) is 8.38. The SMILES string of the molecule is CCN(CCO)c1ccc(NCCO)c(N)c1. The van der Waals surface area contributed by atoms with Crippen LogP contribution in [0, 0.1) is 0 Å². The lowest BCUT2D eigenvalue weighted by Crippen LogP contribution is -2.26. The minimum atomic E-state index is 0.0762. The van der Waals surface area contributed by atoms with E-state index in [4.69, 9.17) is 15.9 Å². The van der Waals surface area contributed by atoms with Crippen LogP contribution < -0.4 is 16.0 Å². The fraction of sp³-hybridized carbons (Fsp3) is 0.500. The van der Waals surface area contributed by atoms with Gasteiger partial charge in [0.1, 0.15) is 0 Å². The number of hydrogen-bond acceptors (Lipinski definition) is 5. The molecule has 0 saturated carbocycles. The Morgan fingerprint density at radius 2 is 2.06 bits per heavy atom. The lowest BCUT2D eigenvalue weighted by Gasteiger charge is -2.23. The molecule has 5 nitrogen and oxygen atoms in total. The van der Waals surface area contributed by atoms with E-state index in [-0.39, 0.29) is 13.2 Å². The molecule has 0 heterocycles. The van der Waals surface area contributed by atoms with E-state index >= 15 is 0 Å². The number of nitrogens with two attached hydrogens (primary N) is 1. The number of aliphatic hydroxyl groups is 2. The summed E-state index contributed by atoms with van der Waals surface area (Å²) in [6, 6.07) is 5.72. The van der Waals surface area contributed by atoms with Gasteiger partial charge in [0, 0.05) is 25.3 Å². The average Bonchev–Trinajstić information content (AvgIpc) is 2.34. The zero-order chi connectivity index (χ0) is 12.7. The molecular formula is C12H21N3O2. The molecule has 1 aromatic carbocycles. The van der Waals surface area contributed by atoms with Crippen molar-refractivity contribution in [2.24, 2.45) is 0 Å². The van der Waals surface area contributed by atoms with Gasteiger partial charge in [-0.1, -0.05) is 0 Å². The Morgan fingerprint density at radius 1 is 1.29 bits per heavy atom. The summed E-state index contributed by atoms with van der Waals surface area (Å²) in [7, 11) is 0. The quantitative estimate of drug-likeness (QED) is 0.521. The van der Waals surface area contributed by atoms with Crippen LogP contribution in [-0.2, 0) is 0 Å². The van der Waals surface area contributed by atoms with Crippen LogP contribution in [0.15, 0.2) is 18.2 Å². The van der Waals surface area contributed by atoms with E-state index in [1.807, 2.05) is 30.0 Å². The fourth-order valence-electron chi connectivity index (χ4n) is 1.69. The van der Waals surface area contributed by atoms with Crippen LogP contribution in [0.2, 0.25) is 0 Å². The molecule has 0 aliphatic carbocycles. The van der Waals surface area contributed by atoms with E-state index in [1.54, 1.807) is 0 Å². The molecule has 0 bridgehead atoms. The number of likely N-dealkylation sites (N-methyl/N-ethyl adjacent to an activating group) is 1. The molecule has 0 amide bonds. The van der Waals surface area contributed by atoms with Crippen molar-refractivity contribution in [3.8, 4) is 0 Å². The Balaban J connectivity index is 2.79. The highest BCUT2D eigenvalue weighted by Crippen LogP contribution is 2.25. The molecule has 17 heavy (non-hydrogen) atoms. The van der Waals surface area contributed by atoms with Crippen molar-refractivity contribution in [2.45, 2.75) is 6.92 Å². The number of benzene rings is 1. The van der Waals surface area contributed by atoms with Crippen molar-refractivity contribution in [3.63, 3.8) is 0 Å². The molecule has 96 valence electrons. The standard InChI is InChI=1S/C12H21N3O2/c1-2-15(6-8-17)10-3-4-12(11(13)9-10)14-5-7-16/h3-4,9,14,16-17H,2,5-8,13H2,1H3. The van der Waals surface area contributed by atoms with Crippen molar-refractivity contribution in [2.75, 3.05) is 48.8 Å². The predicted molar refractivity (Wildman–Crippen MR) is 71.4 cm³/mol. The van der Waals surface area contributed by atoms with Gasteiger partial charge in [0.25, 0.3) is 0 Å². The molecule has 1 rings (SSSR count). The van der Waals surface area contributed by atoms with Crippen LogP contribution in [0.4, 0.5) is 17.1 Å². The van der Waals surface area contributed by atoms with Crippen molar-refractivity contribution in [3.05, 3.63) is 18.2 Å². The van der Waals surface area contributed by atoms with Crippen LogP contribution >= 0.6 is 0 Å². The normalized spacial score (nSPS) is 10.3. The molecule has 0 saturated heterocycles. The molecule has 0 radical (unpaired) electrons. The maximum atomic E-state index is 8.96. The smallest absolute Gasteiger partial charge is 0.0606 e. The van der Waals surface area contributed by atoms with E-state index in [2.05, 4.69) is 5.32 Å². The first-order chi connectivity index (χ1) is 8.22. The average molecular weight is 239 g/mol. The lowest BCUT2D eigenvalue weighted by atomic mass is 10.2. The third-order valence-corrected chi connectivity index (χ3v) is 2.58. The summed E-state index contributed by atoms with van der Waals surface area (Å²) in [5, 5.41) is 20.7. The van der Waals surface area contributed by atoms with Gasteiger partial charge in [0.2, 0.25) is 0 Å². The molecule has 5 N–H and O–H groups in total. The van der Waals surface area contributed by atoms with Crippen molar-refractivity contribution in [1.82, 2.24) is 0 Å². The number of nitrogen functional groups attached to an aromatic ring is 1. The van der Waals surface area contributed by atoms with Crippen LogP contribution in [0.5, 0.6) is 0 Å². The minimum absolute atomic E-state index is 0.0762. The predicted octanol–water partition coefficient (Wildman–Crippen LogP) is 0.492. The van der Waals surface area contributed by atoms with E-state index in [0.717, 1.165) is 17.9 Å². The number of nitrogens with zero attached hydrogens (tertiary/aromatic N) is 1. The number of nitrogens with one attached hydrogen (secondary N) is 1. The Kier molecular flexibility index (Phi) is 5.59. The highest BCUT2D eigenvalue weighted by atomic mass is 16.3. The Hall–Kier alpha value is -1.46. The molecule has 0 spiro atoms. The summed E-state index contributed by atoms with van der Waals surface area (Å²) in [6.45, 7) is 4.13. The number of rotatable bonds is 7. The minimum Gasteiger partial charge on any atom is -0.397 e. The van der Waals surface area contributed by atoms with Crippen LogP contribution in [-0.4, -0.2) is 43.1 Å². The van der Waals surface area contributed by atoms with Crippen LogP contribution in [0.25, 0.3) is 0 Å². The first-order valence-corrected chi connectivity index (χ1v) is 5.83. The van der Waals surface area contributed by atoms with E-state index in [1.165, 1.54) is 0 Å². The molecule has 1 aromatic rings. The van der Waals surface area contributed by atoms with Crippen LogP contribution in [0.3, 0.4) is 0 Å². The first kappa shape index (κ1) is 13.6. The summed E-state index contributed by atoms with van der Waals surface area (Å²) in [6.07, 6.45) is 0. The van der Waals surface area contributed by atoms with Gasteiger partial charge in [-0.05, 0) is 25.1 Å². The van der Waals surface area contributed by atoms with E-state index in [9.17, 15) is 0 Å². The molecule has 0 aliphatic rings. The Morgan fingerprint density at radius 3 is 2.59 bits per heavy atom. The first-order valence-electron chi connectivity index (χ1n) is 5.83. The lowest BCUT2D eigenvalue weighted by molar-refractivity contribution is 0.302. The van der Waals surface area contributed by atoms with Gasteiger partial charge < -0.3 is 26.2 Å². The Bertz CT molecular complexity index is 345. The van der Waals surface area contributed by atoms with Gasteiger partial charge >= 0.3 is 0 Å². The topological polar surface area (TPSA) is 81.8 Å². The van der Waals surface area contributed by atoms with Gasteiger partial charge in [-0.15, -0.1) is 0 Å². The second-order valence-corrected chi connectivity index (χ2v) is 3.73. The fourth-order valence-corrected chi connectivity index (χ4v) is 1.69. The molecule has 0 fully saturated rings. The largest absolute Gasteiger partial charge is 0.397 e. The number of hydrogen-bond donors (Lipinski definition) is 4. The zero-order valence-corrected chi connectivity index (χ0v) is 10.2. The summed E-state index contributed by atoms with van der Waals surface area (Å²) in [4.78, 5) is 2.05. The van der Waals surface area contributed by atoms with Crippen molar-refractivity contribution in [1.29, 1.82) is 0 Å². The summed E-state index contributed by atoms with van der Waals surface area (Å²) in [5.74, 6) is 0. The third kappa shape index (κ3) is 3.80. The Labute approximate surface area is 102 Å². The highest BCUT2D eigenvalue weighted by molar-refractivity contribution is 5.72. The number of anilines is 3. The maximum absolute atomic E-state index is 8.96.